The highest BCUT2D eigenvalue weighted by molar-refractivity contribution is 5.69. The second kappa shape index (κ2) is 9.56. The highest BCUT2D eigenvalue weighted by atomic mass is 16.1. The fraction of sp³-hybridized carbons (Fsp3) is 0.194. The van der Waals surface area contributed by atoms with E-state index in [2.05, 4.69) is 115 Å². The molecule has 164 valence electrons. The number of rotatable bonds is 6. The van der Waals surface area contributed by atoms with Crippen molar-refractivity contribution in [3.8, 4) is 22.3 Å². The summed E-state index contributed by atoms with van der Waals surface area (Å²) < 4.78 is 0. The average molecular weight is 432 g/mol. The SMILES string of the molecule is CC1CC(c2ccccc2-c2ccccc2)N(Cc2cccc(-c3ccccc3)c2)C1C=O. The normalized spacial score (nSPS) is 20.6. The Labute approximate surface area is 196 Å². The summed E-state index contributed by atoms with van der Waals surface area (Å²) in [5, 5.41) is 0. The van der Waals surface area contributed by atoms with Gasteiger partial charge in [-0.25, -0.2) is 0 Å². The van der Waals surface area contributed by atoms with Crippen LogP contribution in [-0.2, 0) is 11.3 Å². The molecule has 1 aliphatic heterocycles. The molecule has 3 unspecified atom stereocenters. The van der Waals surface area contributed by atoms with Crippen molar-refractivity contribution < 1.29 is 4.79 Å². The second-order valence-corrected chi connectivity index (χ2v) is 9.05. The maximum atomic E-state index is 12.2. The Morgan fingerprint density at radius 3 is 2.12 bits per heavy atom. The van der Waals surface area contributed by atoms with Gasteiger partial charge < -0.3 is 4.79 Å². The molecule has 3 atom stereocenters. The lowest BCUT2D eigenvalue weighted by molar-refractivity contribution is -0.113. The van der Waals surface area contributed by atoms with Gasteiger partial charge in [0.25, 0.3) is 0 Å². The average Bonchev–Trinajstić information content (AvgIpc) is 3.19. The summed E-state index contributed by atoms with van der Waals surface area (Å²) in [7, 11) is 0. The summed E-state index contributed by atoms with van der Waals surface area (Å²) in [6.45, 7) is 2.96. The molecule has 0 aromatic heterocycles. The molecule has 4 aromatic carbocycles. The zero-order valence-corrected chi connectivity index (χ0v) is 19.0. The molecular formula is C31H29NO. The van der Waals surface area contributed by atoms with E-state index in [0.717, 1.165) is 19.3 Å². The molecule has 0 amide bonds. The summed E-state index contributed by atoms with van der Waals surface area (Å²) >= 11 is 0. The van der Waals surface area contributed by atoms with Crippen molar-refractivity contribution in [3.05, 3.63) is 120 Å². The molecule has 0 N–H and O–H groups in total. The smallest absolute Gasteiger partial charge is 0.137 e. The number of carbonyl (C=O) groups is 1. The molecule has 5 rings (SSSR count). The van der Waals surface area contributed by atoms with Crippen molar-refractivity contribution in [2.75, 3.05) is 0 Å². The maximum absolute atomic E-state index is 12.2. The first-order valence-electron chi connectivity index (χ1n) is 11.7. The Kier molecular flexibility index (Phi) is 6.19. The summed E-state index contributed by atoms with van der Waals surface area (Å²) in [4.78, 5) is 14.6. The van der Waals surface area contributed by atoms with Gasteiger partial charge in [0.1, 0.15) is 6.29 Å². The number of benzene rings is 4. The molecule has 0 aliphatic carbocycles. The second-order valence-electron chi connectivity index (χ2n) is 9.05. The third-order valence-electron chi connectivity index (χ3n) is 6.90. The van der Waals surface area contributed by atoms with Gasteiger partial charge in [-0.15, -0.1) is 0 Å². The zero-order valence-electron chi connectivity index (χ0n) is 19.0. The number of hydrogen-bond donors (Lipinski definition) is 0. The molecule has 1 fully saturated rings. The Hall–Kier alpha value is -3.49. The summed E-state index contributed by atoms with van der Waals surface area (Å²) in [6, 6.07) is 38.6. The van der Waals surface area contributed by atoms with Crippen LogP contribution in [0.25, 0.3) is 22.3 Å². The molecule has 1 saturated heterocycles. The minimum Gasteiger partial charge on any atom is -0.302 e. The highest BCUT2D eigenvalue weighted by Crippen LogP contribution is 2.43. The lowest BCUT2D eigenvalue weighted by Gasteiger charge is -2.30. The van der Waals surface area contributed by atoms with Crippen LogP contribution in [0.15, 0.2) is 109 Å². The van der Waals surface area contributed by atoms with E-state index >= 15 is 0 Å². The van der Waals surface area contributed by atoms with Gasteiger partial charge in [-0.05, 0) is 51.8 Å². The molecule has 2 heteroatoms. The van der Waals surface area contributed by atoms with Crippen LogP contribution < -0.4 is 0 Å². The molecule has 1 heterocycles. The van der Waals surface area contributed by atoms with Gasteiger partial charge in [-0.3, -0.25) is 4.90 Å². The van der Waals surface area contributed by atoms with Crippen LogP contribution in [-0.4, -0.2) is 17.2 Å². The van der Waals surface area contributed by atoms with Crippen molar-refractivity contribution in [2.24, 2.45) is 5.92 Å². The molecule has 33 heavy (non-hydrogen) atoms. The van der Waals surface area contributed by atoms with Crippen LogP contribution in [0.2, 0.25) is 0 Å². The van der Waals surface area contributed by atoms with Crippen LogP contribution in [0.4, 0.5) is 0 Å². The van der Waals surface area contributed by atoms with Gasteiger partial charge in [-0.2, -0.15) is 0 Å². The fourth-order valence-corrected chi connectivity index (χ4v) is 5.25. The van der Waals surface area contributed by atoms with E-state index in [1.165, 1.54) is 33.4 Å². The van der Waals surface area contributed by atoms with Gasteiger partial charge in [0.05, 0.1) is 6.04 Å². The van der Waals surface area contributed by atoms with E-state index < -0.39 is 0 Å². The molecule has 2 nitrogen and oxygen atoms in total. The van der Waals surface area contributed by atoms with E-state index in [0.29, 0.717) is 5.92 Å². The number of hydrogen-bond acceptors (Lipinski definition) is 2. The highest BCUT2D eigenvalue weighted by Gasteiger charge is 2.40. The molecule has 1 aliphatic rings. The van der Waals surface area contributed by atoms with Crippen LogP contribution in [0, 0.1) is 5.92 Å². The van der Waals surface area contributed by atoms with Gasteiger partial charge in [0.15, 0.2) is 0 Å². The molecule has 0 radical (unpaired) electrons. The number of nitrogens with zero attached hydrogens (tertiary/aromatic N) is 1. The number of carbonyl (C=O) groups excluding carboxylic acids is 1. The van der Waals surface area contributed by atoms with Crippen molar-refractivity contribution in [1.29, 1.82) is 0 Å². The van der Waals surface area contributed by atoms with E-state index in [1.807, 2.05) is 6.07 Å². The molecular weight excluding hydrogens is 402 g/mol. The molecule has 4 aromatic rings. The lowest BCUT2D eigenvalue weighted by atomic mass is 9.92. The van der Waals surface area contributed by atoms with Gasteiger partial charge in [-0.1, -0.05) is 110 Å². The topological polar surface area (TPSA) is 20.3 Å². The van der Waals surface area contributed by atoms with E-state index in [4.69, 9.17) is 0 Å². The maximum Gasteiger partial charge on any atom is 0.137 e. The van der Waals surface area contributed by atoms with E-state index in [1.54, 1.807) is 0 Å². The van der Waals surface area contributed by atoms with Crippen LogP contribution in [0.5, 0.6) is 0 Å². The Balaban J connectivity index is 1.51. The van der Waals surface area contributed by atoms with Crippen LogP contribution >= 0.6 is 0 Å². The monoisotopic (exact) mass is 431 g/mol. The van der Waals surface area contributed by atoms with E-state index in [-0.39, 0.29) is 12.1 Å². The Bertz CT molecular complexity index is 1220. The summed E-state index contributed by atoms with van der Waals surface area (Å²) in [6.07, 6.45) is 2.13. The Morgan fingerprint density at radius 1 is 0.758 bits per heavy atom. The fourth-order valence-electron chi connectivity index (χ4n) is 5.25. The van der Waals surface area contributed by atoms with Crippen molar-refractivity contribution in [3.63, 3.8) is 0 Å². The first-order chi connectivity index (χ1) is 16.2. The number of aldehydes is 1. The lowest BCUT2D eigenvalue weighted by Crippen LogP contribution is -2.34. The van der Waals surface area contributed by atoms with Gasteiger partial charge in [0, 0.05) is 12.6 Å². The van der Waals surface area contributed by atoms with E-state index in [9.17, 15) is 4.79 Å². The third kappa shape index (κ3) is 4.40. The predicted octanol–water partition coefficient (Wildman–Crippen LogP) is 7.17. The van der Waals surface area contributed by atoms with Crippen molar-refractivity contribution in [2.45, 2.75) is 32.0 Å². The first kappa shape index (κ1) is 21.4. The number of likely N-dealkylation sites (tertiary alicyclic amines) is 1. The van der Waals surface area contributed by atoms with Crippen LogP contribution in [0.1, 0.15) is 30.5 Å². The molecule has 0 spiro atoms. The third-order valence-corrected chi connectivity index (χ3v) is 6.90. The molecule has 0 bridgehead atoms. The predicted molar refractivity (Wildman–Crippen MR) is 136 cm³/mol. The quantitative estimate of drug-likeness (QED) is 0.302. The zero-order chi connectivity index (χ0) is 22.6. The van der Waals surface area contributed by atoms with Gasteiger partial charge >= 0.3 is 0 Å². The van der Waals surface area contributed by atoms with Crippen LogP contribution in [0.3, 0.4) is 0 Å². The first-order valence-corrected chi connectivity index (χ1v) is 11.7. The minimum atomic E-state index is -0.0841. The Morgan fingerprint density at radius 2 is 1.39 bits per heavy atom. The standard InChI is InChI=1S/C31H29NO/c1-23-19-30(29-18-9-8-17-28(29)26-14-6-3-7-15-26)32(31(23)22-33)21-24-11-10-16-27(20-24)25-12-4-2-5-13-25/h2-18,20,22-23,30-31H,19,21H2,1H3. The summed E-state index contributed by atoms with van der Waals surface area (Å²) in [5.41, 5.74) is 7.45. The molecule has 0 saturated carbocycles. The minimum absolute atomic E-state index is 0.0841. The van der Waals surface area contributed by atoms with Crippen molar-refractivity contribution in [1.82, 2.24) is 4.90 Å². The van der Waals surface area contributed by atoms with Gasteiger partial charge in [0.2, 0.25) is 0 Å². The van der Waals surface area contributed by atoms with Crippen molar-refractivity contribution >= 4 is 6.29 Å². The largest absolute Gasteiger partial charge is 0.302 e. The summed E-state index contributed by atoms with van der Waals surface area (Å²) in [5.74, 6) is 0.314.